The summed E-state index contributed by atoms with van der Waals surface area (Å²) in [5.41, 5.74) is 16.8. The molecule has 0 amide bonds. The largest absolute Gasteiger partial charge is 0.168 e. The summed E-state index contributed by atoms with van der Waals surface area (Å²) >= 11 is 4.90. The maximum atomic E-state index is 4.90. The summed E-state index contributed by atoms with van der Waals surface area (Å²) in [6, 6.07) is 44.6. The molecule has 0 aromatic heterocycles. The zero-order valence-corrected chi connectivity index (χ0v) is 33.4. The number of allylic oxidation sites excluding steroid dienone is 4. The van der Waals surface area contributed by atoms with Gasteiger partial charge in [-0.2, -0.15) is 12.6 Å². The lowest BCUT2D eigenvalue weighted by molar-refractivity contribution is 0.0426. The van der Waals surface area contributed by atoms with Crippen LogP contribution in [0.25, 0.3) is 33.4 Å². The third-order valence-corrected chi connectivity index (χ3v) is 14.7. The monoisotopic (exact) mass is 720 g/mol. The molecule has 6 atom stereocenters. The number of fused-ring (bicyclic) bond motifs is 10. The molecule has 0 saturated heterocycles. The highest BCUT2D eigenvalue weighted by molar-refractivity contribution is 7.81. The normalized spacial score (nSPS) is 27.9. The van der Waals surface area contributed by atoms with Gasteiger partial charge in [-0.15, -0.1) is 0 Å². The zero-order valence-electron chi connectivity index (χ0n) is 32.5. The fourth-order valence-corrected chi connectivity index (χ4v) is 12.6. The van der Waals surface area contributed by atoms with E-state index in [0.29, 0.717) is 11.8 Å². The smallest absolute Gasteiger partial charge is 0.0322 e. The molecular formula is C53H52S. The molecule has 5 aliphatic carbocycles. The van der Waals surface area contributed by atoms with E-state index in [4.69, 9.17) is 12.6 Å². The fourth-order valence-electron chi connectivity index (χ4n) is 12.5. The molecular weight excluding hydrogens is 669 g/mol. The molecule has 0 N–H and O–H groups in total. The Hall–Kier alpha value is -4.33. The Morgan fingerprint density at radius 1 is 0.648 bits per heavy atom. The molecule has 0 aliphatic heterocycles. The first-order chi connectivity index (χ1) is 26.1. The predicted molar refractivity (Wildman–Crippen MR) is 231 cm³/mol. The molecule has 54 heavy (non-hydrogen) atoms. The van der Waals surface area contributed by atoms with Crippen LogP contribution in [-0.4, -0.2) is 0 Å². The van der Waals surface area contributed by atoms with E-state index in [-0.39, 0.29) is 15.6 Å². The van der Waals surface area contributed by atoms with E-state index in [1.807, 2.05) is 0 Å². The van der Waals surface area contributed by atoms with E-state index < -0.39 is 0 Å². The Morgan fingerprint density at radius 3 is 2.09 bits per heavy atom. The number of thiol groups is 1. The number of hydrogen-bond donors (Lipinski definition) is 1. The molecule has 2 saturated carbocycles. The van der Waals surface area contributed by atoms with Crippen molar-refractivity contribution in [2.75, 3.05) is 0 Å². The summed E-state index contributed by atoms with van der Waals surface area (Å²) in [4.78, 5) is 0. The summed E-state index contributed by atoms with van der Waals surface area (Å²) in [5.74, 6) is 2.96. The summed E-state index contributed by atoms with van der Waals surface area (Å²) in [7, 11) is 0. The van der Waals surface area contributed by atoms with Gasteiger partial charge in [-0.1, -0.05) is 154 Å². The second-order valence-electron chi connectivity index (χ2n) is 18.2. The van der Waals surface area contributed by atoms with Gasteiger partial charge in [-0.25, -0.2) is 0 Å². The lowest BCUT2D eigenvalue weighted by Crippen LogP contribution is -2.49. The van der Waals surface area contributed by atoms with Gasteiger partial charge in [0.2, 0.25) is 0 Å². The van der Waals surface area contributed by atoms with E-state index in [2.05, 4.69) is 168 Å². The average molecular weight is 721 g/mol. The van der Waals surface area contributed by atoms with Gasteiger partial charge in [-0.3, -0.25) is 0 Å². The maximum Gasteiger partial charge on any atom is 0.0322 e. The van der Waals surface area contributed by atoms with Crippen LogP contribution in [0.4, 0.5) is 0 Å². The molecule has 6 unspecified atom stereocenters. The van der Waals surface area contributed by atoms with Crippen LogP contribution in [0.2, 0.25) is 0 Å². The molecule has 0 radical (unpaired) electrons. The third-order valence-electron chi connectivity index (χ3n) is 14.5. The Bertz CT molecular complexity index is 2520. The van der Waals surface area contributed by atoms with Gasteiger partial charge in [0.1, 0.15) is 0 Å². The molecule has 2 bridgehead atoms. The van der Waals surface area contributed by atoms with Crippen molar-refractivity contribution in [1.82, 2.24) is 0 Å². The van der Waals surface area contributed by atoms with Crippen molar-refractivity contribution in [1.29, 1.82) is 0 Å². The molecule has 10 rings (SSSR count). The second kappa shape index (κ2) is 12.3. The van der Waals surface area contributed by atoms with Gasteiger partial charge in [0.15, 0.2) is 0 Å². The van der Waals surface area contributed by atoms with Gasteiger partial charge >= 0.3 is 0 Å². The fraction of sp³-hybridized carbons (Fsp3) is 0.321. The Morgan fingerprint density at radius 2 is 1.31 bits per heavy atom. The minimum atomic E-state index is -0.190. The van der Waals surface area contributed by atoms with Gasteiger partial charge in [0.25, 0.3) is 0 Å². The van der Waals surface area contributed by atoms with E-state index in [1.54, 1.807) is 11.1 Å². The third kappa shape index (κ3) is 4.83. The highest BCUT2D eigenvalue weighted by Gasteiger charge is 2.57. The van der Waals surface area contributed by atoms with Crippen molar-refractivity contribution >= 4 is 23.8 Å². The summed E-state index contributed by atoms with van der Waals surface area (Å²) in [6.07, 6.45) is 13.5. The van der Waals surface area contributed by atoms with Gasteiger partial charge in [0, 0.05) is 15.6 Å². The molecule has 1 heteroatoms. The van der Waals surface area contributed by atoms with Crippen molar-refractivity contribution < 1.29 is 0 Å². The topological polar surface area (TPSA) is 0 Å². The predicted octanol–water partition coefficient (Wildman–Crippen LogP) is 12.2. The van der Waals surface area contributed by atoms with Crippen LogP contribution in [0, 0.1) is 29.1 Å². The Labute approximate surface area is 327 Å². The summed E-state index contributed by atoms with van der Waals surface area (Å²) in [5, 5.41) is 2.67. The van der Waals surface area contributed by atoms with Gasteiger partial charge < -0.3 is 0 Å². The summed E-state index contributed by atoms with van der Waals surface area (Å²) < 4.78 is -0.190. The van der Waals surface area contributed by atoms with E-state index in [9.17, 15) is 0 Å². The van der Waals surface area contributed by atoms with Crippen molar-refractivity contribution in [2.45, 2.75) is 76.9 Å². The van der Waals surface area contributed by atoms with E-state index in [0.717, 1.165) is 18.3 Å². The summed E-state index contributed by atoms with van der Waals surface area (Å²) in [6.45, 7) is 11.9. The molecule has 1 spiro atoms. The van der Waals surface area contributed by atoms with Crippen LogP contribution in [0.5, 0.6) is 0 Å². The maximum absolute atomic E-state index is 4.90. The standard InChI is InChI=1S/C53H52S/c1-33-29-35-31-34(2)53(38(30-33)32-35)45-21-11-10-19-44(45)49-41(20-14-23-47(49)53)39-15-6-7-16-40(39)48-42-17-8-9-18-43(42)50(52(5)28-13-12-22-46(48)52)36-24-26-37(27-25-36)51(3,4)54/h6-27,33-35,38,54H,28-32H2,1-5H3. The van der Waals surface area contributed by atoms with Crippen LogP contribution < -0.4 is 10.4 Å². The first-order valence-corrected chi connectivity index (χ1v) is 20.9. The minimum absolute atomic E-state index is 0.0729. The zero-order chi connectivity index (χ0) is 37.0. The van der Waals surface area contributed by atoms with Crippen molar-refractivity contribution in [2.24, 2.45) is 29.1 Å². The van der Waals surface area contributed by atoms with Gasteiger partial charge in [-0.05, 0) is 147 Å². The second-order valence-corrected chi connectivity index (χ2v) is 19.3. The molecule has 5 aromatic carbocycles. The lowest BCUT2D eigenvalue weighted by Gasteiger charge is -2.54. The highest BCUT2D eigenvalue weighted by Crippen LogP contribution is 2.66. The van der Waals surface area contributed by atoms with Crippen LogP contribution >= 0.6 is 12.6 Å². The molecule has 0 nitrogen and oxygen atoms in total. The van der Waals surface area contributed by atoms with Crippen LogP contribution in [0.3, 0.4) is 0 Å². The van der Waals surface area contributed by atoms with Gasteiger partial charge in [0.05, 0.1) is 0 Å². The van der Waals surface area contributed by atoms with Crippen molar-refractivity contribution in [3.63, 3.8) is 0 Å². The number of hydrogen-bond acceptors (Lipinski definition) is 1. The number of benzene rings is 5. The average Bonchev–Trinajstić information content (AvgIpc) is 3.47. The van der Waals surface area contributed by atoms with Crippen LogP contribution in [0.1, 0.15) is 94.5 Å². The lowest BCUT2D eigenvalue weighted by atomic mass is 9.49. The first kappa shape index (κ1) is 34.2. The molecule has 5 aliphatic rings. The molecule has 5 aromatic rings. The molecule has 0 heterocycles. The quantitative estimate of drug-likeness (QED) is 0.176. The van der Waals surface area contributed by atoms with Crippen molar-refractivity contribution in [3.05, 3.63) is 177 Å². The van der Waals surface area contributed by atoms with E-state index in [1.165, 1.54) is 91.8 Å². The van der Waals surface area contributed by atoms with E-state index >= 15 is 0 Å². The Balaban J connectivity index is 1.24. The minimum Gasteiger partial charge on any atom is -0.168 e. The highest BCUT2D eigenvalue weighted by atomic mass is 32.1. The van der Waals surface area contributed by atoms with Crippen LogP contribution in [-0.2, 0) is 10.2 Å². The first-order valence-electron chi connectivity index (χ1n) is 20.5. The Kier molecular flexibility index (Phi) is 7.81. The SMILES string of the molecule is CC1CC2CC(C)C3(c4ccccc4-c4c(-c5ccccc5C5=c6ccccc6=C(c6ccc(C(C)(C)S)cc6)C6(C)CC=CC=C56)cccc43)C(C1)C2. The van der Waals surface area contributed by atoms with Crippen molar-refractivity contribution in [3.8, 4) is 22.3 Å². The number of rotatable bonds is 4. The molecule has 2 fully saturated rings. The molecule has 270 valence electrons. The van der Waals surface area contributed by atoms with Crippen LogP contribution in [0.15, 0.2) is 139 Å².